The van der Waals surface area contributed by atoms with Crippen molar-refractivity contribution in [1.29, 1.82) is 0 Å². The average Bonchev–Trinajstić information content (AvgIpc) is 2.92. The van der Waals surface area contributed by atoms with Crippen molar-refractivity contribution < 1.29 is 17.5 Å². The molecule has 0 radical (unpaired) electrons. The van der Waals surface area contributed by atoms with Crippen LogP contribution in [0.1, 0.15) is 16.7 Å². The molecular weight excluding hydrogens is 455 g/mol. The predicted molar refractivity (Wildman–Crippen MR) is 127 cm³/mol. The summed E-state index contributed by atoms with van der Waals surface area (Å²) in [6.45, 7) is 1.85. The third-order valence-electron chi connectivity index (χ3n) is 5.40. The Bertz CT molecular complexity index is 1550. The zero-order valence-corrected chi connectivity index (χ0v) is 19.1. The van der Waals surface area contributed by atoms with Crippen molar-refractivity contribution in [1.82, 2.24) is 9.97 Å². The molecule has 9 heteroatoms. The number of hydrogen-bond acceptors (Lipinski definition) is 7. The molecular formula is C25H19FN4O3S. The van der Waals surface area contributed by atoms with Gasteiger partial charge in [-0.25, -0.2) is 27.8 Å². The summed E-state index contributed by atoms with van der Waals surface area (Å²) in [6.07, 6.45) is 1.18. The Labute approximate surface area is 195 Å². The first-order valence-electron chi connectivity index (χ1n) is 10.3. The van der Waals surface area contributed by atoms with Crippen LogP contribution in [0.4, 0.5) is 21.6 Å². The lowest BCUT2D eigenvalue weighted by molar-refractivity contribution is 0.415. The summed E-state index contributed by atoms with van der Waals surface area (Å²) >= 11 is 0. The second-order valence-corrected chi connectivity index (χ2v) is 9.54. The topological polar surface area (TPSA) is 93.5 Å². The molecule has 1 aliphatic rings. The van der Waals surface area contributed by atoms with Crippen LogP contribution in [0, 0.1) is 12.7 Å². The number of methoxy groups -OCH3 is 1. The van der Waals surface area contributed by atoms with Crippen LogP contribution in [-0.4, -0.2) is 31.2 Å². The first-order valence-corrected chi connectivity index (χ1v) is 11.8. The number of nitrogens with one attached hydrogen (secondary N) is 1. The van der Waals surface area contributed by atoms with Gasteiger partial charge in [0.2, 0.25) is 9.84 Å². The van der Waals surface area contributed by atoms with Gasteiger partial charge in [-0.05, 0) is 55.5 Å². The van der Waals surface area contributed by atoms with Crippen LogP contribution in [-0.2, 0) is 9.84 Å². The van der Waals surface area contributed by atoms with E-state index < -0.39 is 15.7 Å². The van der Waals surface area contributed by atoms with E-state index in [1.165, 1.54) is 24.5 Å². The molecule has 1 aromatic heterocycles. The van der Waals surface area contributed by atoms with Crippen molar-refractivity contribution in [2.45, 2.75) is 16.8 Å². The standard InChI is InChI=1S/C25H19FN4O3S/c1-15-6-11-21-20(12-15)22(16-4-3-5-17(26)13-16)30-23-24(27-14-28-25(23)34(21,31)32)29-18-7-9-19(33-2)10-8-18/h3-14H,1-2H3,(H,27,28,29). The molecule has 0 unspecified atom stereocenters. The summed E-state index contributed by atoms with van der Waals surface area (Å²) in [4.78, 5) is 13.1. The zero-order chi connectivity index (χ0) is 23.9. The molecule has 1 aliphatic heterocycles. The minimum absolute atomic E-state index is 0.0476. The van der Waals surface area contributed by atoms with Gasteiger partial charge in [0.05, 0.1) is 17.7 Å². The first-order chi connectivity index (χ1) is 16.4. The highest BCUT2D eigenvalue weighted by Gasteiger charge is 2.33. The minimum Gasteiger partial charge on any atom is -0.497 e. The quantitative estimate of drug-likeness (QED) is 0.369. The highest BCUT2D eigenvalue weighted by Crippen LogP contribution is 2.40. The second kappa shape index (κ2) is 8.35. The number of aryl methyl sites for hydroxylation is 1. The van der Waals surface area contributed by atoms with Crippen molar-refractivity contribution >= 4 is 32.7 Å². The van der Waals surface area contributed by atoms with Gasteiger partial charge < -0.3 is 10.1 Å². The molecule has 0 bridgehead atoms. The van der Waals surface area contributed by atoms with Gasteiger partial charge in [-0.2, -0.15) is 0 Å². The smallest absolute Gasteiger partial charge is 0.226 e. The number of hydrogen-bond donors (Lipinski definition) is 1. The van der Waals surface area contributed by atoms with E-state index >= 15 is 0 Å². The maximum Gasteiger partial charge on any atom is 0.226 e. The summed E-state index contributed by atoms with van der Waals surface area (Å²) in [5.74, 6) is 0.423. The van der Waals surface area contributed by atoms with Crippen LogP contribution < -0.4 is 10.1 Å². The van der Waals surface area contributed by atoms with E-state index in [0.717, 1.165) is 5.56 Å². The van der Waals surface area contributed by atoms with Crippen LogP contribution in [0.25, 0.3) is 0 Å². The van der Waals surface area contributed by atoms with E-state index in [1.807, 2.05) is 6.92 Å². The van der Waals surface area contributed by atoms with Crippen LogP contribution in [0.5, 0.6) is 5.75 Å². The van der Waals surface area contributed by atoms with Crippen molar-refractivity contribution in [3.05, 3.63) is 95.6 Å². The van der Waals surface area contributed by atoms with Crippen molar-refractivity contribution in [3.63, 3.8) is 0 Å². The lowest BCUT2D eigenvalue weighted by Gasteiger charge is -2.11. The normalized spacial score (nSPS) is 13.8. The minimum atomic E-state index is -4.05. The molecule has 34 heavy (non-hydrogen) atoms. The summed E-state index contributed by atoms with van der Waals surface area (Å²) < 4.78 is 46.7. The Hall–Kier alpha value is -4.11. The highest BCUT2D eigenvalue weighted by atomic mass is 32.2. The van der Waals surface area contributed by atoms with Gasteiger partial charge in [-0.1, -0.05) is 23.8 Å². The molecule has 0 amide bonds. The number of rotatable bonds is 4. The van der Waals surface area contributed by atoms with Gasteiger partial charge in [0.25, 0.3) is 0 Å². The van der Waals surface area contributed by atoms with Gasteiger partial charge >= 0.3 is 0 Å². The fraction of sp³-hybridized carbons (Fsp3) is 0.0800. The number of aliphatic imine (C=N–C) groups is 1. The van der Waals surface area contributed by atoms with E-state index in [9.17, 15) is 12.8 Å². The molecule has 0 spiro atoms. The highest BCUT2D eigenvalue weighted by molar-refractivity contribution is 7.91. The SMILES string of the molecule is COc1ccc(Nc2ncnc3c2N=C(c2cccc(F)c2)c2cc(C)ccc2S3(=O)=O)cc1. The Morgan fingerprint density at radius 1 is 0.971 bits per heavy atom. The molecule has 1 N–H and O–H groups in total. The van der Waals surface area contributed by atoms with E-state index in [-0.39, 0.29) is 21.4 Å². The van der Waals surface area contributed by atoms with Crippen LogP contribution in [0.15, 0.2) is 88.0 Å². The van der Waals surface area contributed by atoms with Crippen molar-refractivity contribution in [2.75, 3.05) is 12.4 Å². The number of ether oxygens (including phenoxy) is 1. The fourth-order valence-corrected chi connectivity index (χ4v) is 5.24. The lowest BCUT2D eigenvalue weighted by Crippen LogP contribution is -2.10. The molecule has 0 aliphatic carbocycles. The van der Waals surface area contributed by atoms with E-state index in [2.05, 4.69) is 15.3 Å². The van der Waals surface area contributed by atoms with Crippen molar-refractivity contribution in [2.24, 2.45) is 4.99 Å². The van der Waals surface area contributed by atoms with Gasteiger partial charge in [-0.15, -0.1) is 0 Å². The molecule has 0 fully saturated rings. The largest absolute Gasteiger partial charge is 0.497 e. The second-order valence-electron chi connectivity index (χ2n) is 7.70. The number of sulfone groups is 1. The number of anilines is 2. The number of benzene rings is 3. The summed E-state index contributed by atoms with van der Waals surface area (Å²) in [6, 6.07) is 17.9. The summed E-state index contributed by atoms with van der Waals surface area (Å²) in [5, 5.41) is 2.89. The number of halogens is 1. The first kappa shape index (κ1) is 21.7. The molecule has 0 saturated heterocycles. The van der Waals surface area contributed by atoms with Gasteiger partial charge in [-0.3, -0.25) is 0 Å². The van der Waals surface area contributed by atoms with Crippen LogP contribution in [0.2, 0.25) is 0 Å². The summed E-state index contributed by atoms with van der Waals surface area (Å²) in [5.41, 5.74) is 2.67. The third kappa shape index (κ3) is 3.80. The molecule has 0 saturated carbocycles. The van der Waals surface area contributed by atoms with Crippen LogP contribution >= 0.6 is 0 Å². The molecule has 3 aromatic carbocycles. The number of nitrogens with zero attached hydrogens (tertiary/aromatic N) is 3. The number of fused-ring (bicyclic) bond motifs is 2. The Morgan fingerprint density at radius 2 is 1.76 bits per heavy atom. The van der Waals surface area contributed by atoms with E-state index in [1.54, 1.807) is 55.6 Å². The maximum atomic E-state index is 14.1. The molecule has 5 rings (SSSR count). The number of aromatic nitrogens is 2. The van der Waals surface area contributed by atoms with Gasteiger partial charge in [0.15, 0.2) is 10.8 Å². The lowest BCUT2D eigenvalue weighted by atomic mass is 10.00. The average molecular weight is 475 g/mol. The fourth-order valence-electron chi connectivity index (χ4n) is 3.76. The maximum absolute atomic E-state index is 14.1. The van der Waals surface area contributed by atoms with E-state index in [0.29, 0.717) is 28.3 Å². The Kier molecular flexibility index (Phi) is 5.33. The zero-order valence-electron chi connectivity index (χ0n) is 18.3. The molecule has 7 nitrogen and oxygen atoms in total. The third-order valence-corrected chi connectivity index (χ3v) is 7.14. The van der Waals surface area contributed by atoms with Crippen molar-refractivity contribution in [3.8, 4) is 5.75 Å². The van der Waals surface area contributed by atoms with Crippen LogP contribution in [0.3, 0.4) is 0 Å². The molecule has 0 atom stereocenters. The molecule has 4 aromatic rings. The summed E-state index contributed by atoms with van der Waals surface area (Å²) in [7, 11) is -2.48. The molecule has 170 valence electrons. The predicted octanol–water partition coefficient (Wildman–Crippen LogP) is 4.99. The monoisotopic (exact) mass is 474 g/mol. The van der Waals surface area contributed by atoms with Gasteiger partial charge in [0, 0.05) is 16.8 Å². The Morgan fingerprint density at radius 3 is 2.50 bits per heavy atom. The Balaban J connectivity index is 1.77. The van der Waals surface area contributed by atoms with Gasteiger partial charge in [0.1, 0.15) is 23.6 Å². The molecule has 2 heterocycles. The van der Waals surface area contributed by atoms with E-state index in [4.69, 9.17) is 9.73 Å².